The Labute approximate surface area is 81.3 Å². The molecule has 0 aromatic rings. The molecule has 0 radical (unpaired) electrons. The van der Waals surface area contributed by atoms with Crippen LogP contribution in [0.2, 0.25) is 0 Å². The SMILES string of the molecule is CN(C)C(=O)CCCNCC(F)(F)F. The van der Waals surface area contributed by atoms with Gasteiger partial charge in [0.05, 0.1) is 6.54 Å². The van der Waals surface area contributed by atoms with Crippen molar-refractivity contribution in [2.45, 2.75) is 19.0 Å². The Morgan fingerprint density at radius 1 is 1.36 bits per heavy atom. The van der Waals surface area contributed by atoms with E-state index < -0.39 is 12.7 Å². The van der Waals surface area contributed by atoms with Gasteiger partial charge in [0.25, 0.3) is 0 Å². The normalized spacial score (nSPS) is 11.5. The smallest absolute Gasteiger partial charge is 0.349 e. The zero-order valence-electron chi connectivity index (χ0n) is 8.32. The van der Waals surface area contributed by atoms with Crippen molar-refractivity contribution in [3.05, 3.63) is 0 Å². The summed E-state index contributed by atoms with van der Waals surface area (Å²) < 4.78 is 34.9. The summed E-state index contributed by atoms with van der Waals surface area (Å²) in [6.45, 7) is -0.789. The molecule has 1 N–H and O–H groups in total. The maximum Gasteiger partial charge on any atom is 0.401 e. The van der Waals surface area contributed by atoms with Crippen LogP contribution in [0, 0.1) is 0 Å². The molecule has 0 aliphatic heterocycles. The van der Waals surface area contributed by atoms with E-state index in [1.807, 2.05) is 0 Å². The van der Waals surface area contributed by atoms with Crippen molar-refractivity contribution in [3.8, 4) is 0 Å². The fourth-order valence-electron chi connectivity index (χ4n) is 0.818. The Bertz CT molecular complexity index is 180. The molecule has 0 saturated heterocycles. The highest BCUT2D eigenvalue weighted by Crippen LogP contribution is 2.11. The van der Waals surface area contributed by atoms with E-state index in [0.717, 1.165) is 0 Å². The van der Waals surface area contributed by atoms with Crippen LogP contribution in [0.5, 0.6) is 0 Å². The van der Waals surface area contributed by atoms with Crippen LogP contribution in [0.1, 0.15) is 12.8 Å². The van der Waals surface area contributed by atoms with Gasteiger partial charge in [-0.1, -0.05) is 0 Å². The van der Waals surface area contributed by atoms with E-state index in [4.69, 9.17) is 0 Å². The van der Waals surface area contributed by atoms with Gasteiger partial charge in [-0.3, -0.25) is 4.79 Å². The lowest BCUT2D eigenvalue weighted by Crippen LogP contribution is -2.30. The average Bonchev–Trinajstić information content (AvgIpc) is 2.01. The van der Waals surface area contributed by atoms with Crippen molar-refractivity contribution >= 4 is 5.91 Å². The molecular formula is C8H15F3N2O. The molecule has 3 nitrogen and oxygen atoms in total. The number of alkyl halides is 3. The lowest BCUT2D eigenvalue weighted by atomic mass is 10.3. The molecule has 6 heteroatoms. The third-order valence-corrected chi connectivity index (χ3v) is 1.57. The second-order valence-corrected chi connectivity index (χ2v) is 3.18. The molecule has 84 valence electrons. The van der Waals surface area contributed by atoms with Crippen molar-refractivity contribution < 1.29 is 18.0 Å². The molecule has 0 spiro atoms. The Balaban J connectivity index is 3.35. The highest BCUT2D eigenvalue weighted by atomic mass is 19.4. The molecular weight excluding hydrogens is 197 g/mol. The molecule has 1 amide bonds. The second-order valence-electron chi connectivity index (χ2n) is 3.18. The van der Waals surface area contributed by atoms with E-state index in [-0.39, 0.29) is 18.9 Å². The van der Waals surface area contributed by atoms with Gasteiger partial charge < -0.3 is 10.2 Å². The van der Waals surface area contributed by atoms with Crippen LogP contribution < -0.4 is 5.32 Å². The van der Waals surface area contributed by atoms with Crippen LogP contribution in [0.3, 0.4) is 0 Å². The Morgan fingerprint density at radius 3 is 2.36 bits per heavy atom. The van der Waals surface area contributed by atoms with Crippen molar-refractivity contribution in [2.24, 2.45) is 0 Å². The van der Waals surface area contributed by atoms with Crippen LogP contribution in [-0.4, -0.2) is 44.2 Å². The molecule has 14 heavy (non-hydrogen) atoms. The number of carbonyl (C=O) groups is 1. The zero-order chi connectivity index (χ0) is 11.2. The number of nitrogens with zero attached hydrogens (tertiary/aromatic N) is 1. The summed E-state index contributed by atoms with van der Waals surface area (Å²) in [4.78, 5) is 12.4. The molecule has 0 heterocycles. The topological polar surface area (TPSA) is 32.3 Å². The van der Waals surface area contributed by atoms with Crippen LogP contribution >= 0.6 is 0 Å². The molecule has 0 bridgehead atoms. The molecule has 0 saturated carbocycles. The van der Waals surface area contributed by atoms with Crippen molar-refractivity contribution in [1.29, 1.82) is 0 Å². The van der Waals surface area contributed by atoms with E-state index >= 15 is 0 Å². The largest absolute Gasteiger partial charge is 0.401 e. The molecule has 0 aliphatic rings. The van der Waals surface area contributed by atoms with Gasteiger partial charge in [0.1, 0.15) is 0 Å². The third kappa shape index (κ3) is 7.85. The quantitative estimate of drug-likeness (QED) is 0.690. The predicted molar refractivity (Wildman–Crippen MR) is 46.9 cm³/mol. The number of rotatable bonds is 5. The maximum atomic E-state index is 11.6. The Morgan fingerprint density at radius 2 is 1.93 bits per heavy atom. The van der Waals surface area contributed by atoms with Gasteiger partial charge in [0.15, 0.2) is 0 Å². The number of halogens is 3. The summed E-state index contributed by atoms with van der Waals surface area (Å²) in [5.41, 5.74) is 0. The molecule has 0 aromatic heterocycles. The second kappa shape index (κ2) is 5.85. The summed E-state index contributed by atoms with van der Waals surface area (Å²) in [6.07, 6.45) is -3.48. The zero-order valence-corrected chi connectivity index (χ0v) is 8.32. The van der Waals surface area contributed by atoms with E-state index in [1.165, 1.54) is 4.90 Å². The van der Waals surface area contributed by atoms with E-state index in [1.54, 1.807) is 14.1 Å². The number of hydrogen-bond acceptors (Lipinski definition) is 2. The van der Waals surface area contributed by atoms with E-state index in [9.17, 15) is 18.0 Å². The first kappa shape index (κ1) is 13.2. The number of carbonyl (C=O) groups excluding carboxylic acids is 1. The first-order valence-corrected chi connectivity index (χ1v) is 4.30. The Hall–Kier alpha value is -0.780. The fourth-order valence-corrected chi connectivity index (χ4v) is 0.818. The van der Waals surface area contributed by atoms with Gasteiger partial charge in [-0.15, -0.1) is 0 Å². The summed E-state index contributed by atoms with van der Waals surface area (Å²) >= 11 is 0. The minimum atomic E-state index is -4.18. The van der Waals surface area contributed by atoms with Gasteiger partial charge in [-0.25, -0.2) is 0 Å². The molecule has 0 unspecified atom stereocenters. The van der Waals surface area contributed by atoms with Crippen molar-refractivity contribution in [3.63, 3.8) is 0 Å². The van der Waals surface area contributed by atoms with Crippen molar-refractivity contribution in [2.75, 3.05) is 27.2 Å². The summed E-state index contributed by atoms with van der Waals surface area (Å²) in [5.74, 6) is -0.0705. The summed E-state index contributed by atoms with van der Waals surface area (Å²) in [7, 11) is 3.23. The molecule has 0 rings (SSSR count). The van der Waals surface area contributed by atoms with Gasteiger partial charge in [0.2, 0.25) is 5.91 Å². The van der Waals surface area contributed by atoms with Gasteiger partial charge in [0, 0.05) is 20.5 Å². The number of amides is 1. The highest BCUT2D eigenvalue weighted by Gasteiger charge is 2.25. The fraction of sp³-hybridized carbons (Fsp3) is 0.875. The molecule has 0 atom stereocenters. The van der Waals surface area contributed by atoms with Crippen LogP contribution in [-0.2, 0) is 4.79 Å². The summed E-state index contributed by atoms with van der Waals surface area (Å²) in [6, 6.07) is 0. The lowest BCUT2D eigenvalue weighted by molar-refractivity contribution is -0.128. The number of hydrogen-bond donors (Lipinski definition) is 1. The first-order valence-electron chi connectivity index (χ1n) is 4.30. The van der Waals surface area contributed by atoms with Gasteiger partial charge >= 0.3 is 6.18 Å². The standard InChI is InChI=1S/C8H15F3N2O/c1-13(2)7(14)4-3-5-12-6-8(9,10)11/h12H,3-6H2,1-2H3. The van der Waals surface area contributed by atoms with Crippen LogP contribution in [0.25, 0.3) is 0 Å². The van der Waals surface area contributed by atoms with Gasteiger partial charge in [-0.05, 0) is 13.0 Å². The van der Waals surface area contributed by atoms with Crippen LogP contribution in [0.4, 0.5) is 13.2 Å². The molecule has 0 aromatic carbocycles. The first-order chi connectivity index (χ1) is 6.33. The minimum absolute atomic E-state index is 0.0705. The van der Waals surface area contributed by atoms with Gasteiger partial charge in [-0.2, -0.15) is 13.2 Å². The predicted octanol–water partition coefficient (Wildman–Crippen LogP) is 1.01. The molecule has 0 fully saturated rings. The highest BCUT2D eigenvalue weighted by molar-refractivity contribution is 5.75. The average molecular weight is 212 g/mol. The van der Waals surface area contributed by atoms with E-state index in [2.05, 4.69) is 5.32 Å². The monoisotopic (exact) mass is 212 g/mol. The third-order valence-electron chi connectivity index (χ3n) is 1.57. The lowest BCUT2D eigenvalue weighted by Gasteiger charge is -2.10. The van der Waals surface area contributed by atoms with Crippen molar-refractivity contribution in [1.82, 2.24) is 10.2 Å². The maximum absolute atomic E-state index is 11.6. The summed E-state index contributed by atoms with van der Waals surface area (Å²) in [5, 5.41) is 2.22. The number of nitrogens with one attached hydrogen (secondary N) is 1. The van der Waals surface area contributed by atoms with Crippen LogP contribution in [0.15, 0.2) is 0 Å². The van der Waals surface area contributed by atoms with E-state index in [0.29, 0.717) is 6.42 Å². The molecule has 0 aliphatic carbocycles. The minimum Gasteiger partial charge on any atom is -0.349 e. The Kier molecular flexibility index (Phi) is 5.52.